The molecule has 0 heterocycles. The number of unbranched alkanes of at least 4 members (excludes halogenated alkanes) is 1. The molecule has 0 amide bonds. The third-order valence-corrected chi connectivity index (χ3v) is 6.48. The molecule has 0 unspecified atom stereocenters. The summed E-state index contributed by atoms with van der Waals surface area (Å²) >= 11 is 0. The lowest BCUT2D eigenvalue weighted by Gasteiger charge is -2.27. The number of rotatable bonds is 8. The Morgan fingerprint density at radius 3 is 1.65 bits per heavy atom. The number of fused-ring (bicyclic) bond motifs is 2. The molecular weight excluding hydrogens is 519 g/mol. The van der Waals surface area contributed by atoms with Gasteiger partial charge in [0.1, 0.15) is 34.4 Å². The molecule has 1 aliphatic carbocycles. The van der Waals surface area contributed by atoms with Gasteiger partial charge >= 0.3 is 0 Å². The number of nitrogens with one attached hydrogen (secondary N) is 2. The van der Waals surface area contributed by atoms with Crippen molar-refractivity contribution in [3.63, 3.8) is 0 Å². The summed E-state index contributed by atoms with van der Waals surface area (Å²) in [6, 6.07) is 13.8. The molecule has 0 atom stereocenters. The smallest absolute Gasteiger partial charge is 0.202 e. The molecular formula is C30H25FN2O7. The monoisotopic (exact) mass is 544 g/mol. The summed E-state index contributed by atoms with van der Waals surface area (Å²) in [5.74, 6) is -4.27. The van der Waals surface area contributed by atoms with Gasteiger partial charge in [-0.2, -0.15) is 0 Å². The zero-order valence-corrected chi connectivity index (χ0v) is 21.3. The molecule has 4 aromatic rings. The highest BCUT2D eigenvalue weighted by atomic mass is 19.1. The summed E-state index contributed by atoms with van der Waals surface area (Å²) in [4.78, 5) is 27.5. The van der Waals surface area contributed by atoms with E-state index in [1.165, 1.54) is 48.5 Å². The number of phenolic OH excluding ortho intramolecular Hbond substituents is 4. The number of anilines is 4. The molecule has 0 bridgehead atoms. The molecule has 0 aliphatic heterocycles. The van der Waals surface area contributed by atoms with Gasteiger partial charge in [0, 0.05) is 11.4 Å². The van der Waals surface area contributed by atoms with Crippen LogP contribution in [0.5, 0.6) is 28.7 Å². The van der Waals surface area contributed by atoms with Crippen molar-refractivity contribution in [2.24, 2.45) is 0 Å². The van der Waals surface area contributed by atoms with E-state index in [9.17, 15) is 30.0 Å². The summed E-state index contributed by atoms with van der Waals surface area (Å²) in [5, 5.41) is 46.3. The Morgan fingerprint density at radius 1 is 0.675 bits per heavy atom. The maximum Gasteiger partial charge on any atom is 0.202 e. The van der Waals surface area contributed by atoms with Crippen LogP contribution in [0, 0.1) is 5.82 Å². The van der Waals surface area contributed by atoms with Crippen molar-refractivity contribution in [3.8, 4) is 28.7 Å². The van der Waals surface area contributed by atoms with Gasteiger partial charge in [0.2, 0.25) is 11.6 Å². The van der Waals surface area contributed by atoms with E-state index < -0.39 is 51.1 Å². The van der Waals surface area contributed by atoms with Crippen LogP contribution in [-0.4, -0.2) is 38.6 Å². The van der Waals surface area contributed by atoms with E-state index in [2.05, 4.69) is 10.6 Å². The molecule has 204 valence electrons. The first-order valence-corrected chi connectivity index (χ1v) is 12.5. The van der Waals surface area contributed by atoms with Crippen molar-refractivity contribution in [2.45, 2.75) is 19.8 Å². The average Bonchev–Trinajstić information content (AvgIpc) is 2.93. The molecule has 0 radical (unpaired) electrons. The molecule has 0 saturated carbocycles. The van der Waals surface area contributed by atoms with Gasteiger partial charge in [0.15, 0.2) is 11.6 Å². The Hall–Kier alpha value is -5.25. The van der Waals surface area contributed by atoms with Crippen molar-refractivity contribution in [1.82, 2.24) is 0 Å². The third-order valence-electron chi connectivity index (χ3n) is 6.48. The van der Waals surface area contributed by atoms with Crippen LogP contribution in [0.4, 0.5) is 27.1 Å². The zero-order chi connectivity index (χ0) is 28.6. The Balaban J connectivity index is 1.81. The highest BCUT2D eigenvalue weighted by Gasteiger charge is 2.41. The van der Waals surface area contributed by atoms with Crippen molar-refractivity contribution in [3.05, 3.63) is 88.7 Å². The van der Waals surface area contributed by atoms with Gasteiger partial charge < -0.3 is 35.8 Å². The van der Waals surface area contributed by atoms with Gasteiger partial charge in [-0.3, -0.25) is 9.59 Å². The van der Waals surface area contributed by atoms with E-state index in [4.69, 9.17) is 4.74 Å². The molecule has 0 saturated heterocycles. The molecule has 0 fully saturated rings. The highest BCUT2D eigenvalue weighted by molar-refractivity contribution is 6.32. The Labute approximate surface area is 228 Å². The minimum atomic E-state index is -1.10. The van der Waals surface area contributed by atoms with E-state index in [0.717, 1.165) is 18.6 Å². The van der Waals surface area contributed by atoms with Gasteiger partial charge in [-0.05, 0) is 67.1 Å². The van der Waals surface area contributed by atoms with Gasteiger partial charge in [0.25, 0.3) is 0 Å². The number of benzene rings is 4. The standard InChI is InChI=1S/C30H25FN2O7/c1-2-3-14-40-30-24-23(28(38)21-19(36)12-13-20(37)22(21)29(24)39)25(31)26(32-15-4-8-17(34)9-5-15)27(30)33-16-6-10-18(35)11-7-16/h4-13,32-37H,2-3,14H2,1H3. The van der Waals surface area contributed by atoms with E-state index in [0.29, 0.717) is 17.8 Å². The topological polar surface area (TPSA) is 148 Å². The summed E-state index contributed by atoms with van der Waals surface area (Å²) in [5.41, 5.74) is -1.49. The van der Waals surface area contributed by atoms with Gasteiger partial charge in [-0.1, -0.05) is 13.3 Å². The molecule has 1 aliphatic rings. The maximum atomic E-state index is 16.5. The molecule has 4 aromatic carbocycles. The van der Waals surface area contributed by atoms with Crippen molar-refractivity contribution in [2.75, 3.05) is 17.2 Å². The number of carbonyl (C=O) groups is 2. The van der Waals surface area contributed by atoms with E-state index in [1.54, 1.807) is 0 Å². The second-order valence-electron chi connectivity index (χ2n) is 9.20. The minimum Gasteiger partial charge on any atom is -0.508 e. The zero-order valence-electron chi connectivity index (χ0n) is 21.3. The Morgan fingerprint density at radius 2 is 1.15 bits per heavy atom. The molecule has 0 aromatic heterocycles. The highest BCUT2D eigenvalue weighted by Crippen LogP contribution is 2.49. The Bertz CT molecular complexity index is 1630. The number of hydrogen-bond donors (Lipinski definition) is 6. The van der Waals surface area contributed by atoms with E-state index in [-0.39, 0.29) is 35.2 Å². The number of phenols is 4. The van der Waals surface area contributed by atoms with Crippen LogP contribution in [0.1, 0.15) is 51.6 Å². The first-order valence-electron chi connectivity index (χ1n) is 12.5. The maximum absolute atomic E-state index is 16.5. The normalized spacial score (nSPS) is 12.1. The van der Waals surface area contributed by atoms with Crippen molar-refractivity contribution >= 4 is 34.3 Å². The van der Waals surface area contributed by atoms with Crippen LogP contribution in [0.3, 0.4) is 0 Å². The van der Waals surface area contributed by atoms with Crippen LogP contribution in [0.15, 0.2) is 60.7 Å². The van der Waals surface area contributed by atoms with Crippen LogP contribution in [-0.2, 0) is 0 Å². The number of hydrogen-bond acceptors (Lipinski definition) is 9. The number of carbonyl (C=O) groups excluding carboxylic acids is 2. The third kappa shape index (κ3) is 4.60. The number of ketones is 2. The Kier molecular flexibility index (Phi) is 6.91. The minimum absolute atomic E-state index is 0.00306. The first-order chi connectivity index (χ1) is 19.2. The second kappa shape index (κ2) is 10.5. The lowest BCUT2D eigenvalue weighted by molar-refractivity contribution is 0.0967. The molecule has 6 N–H and O–H groups in total. The average molecular weight is 545 g/mol. The van der Waals surface area contributed by atoms with E-state index in [1.807, 2.05) is 6.92 Å². The predicted octanol–water partition coefficient (Wildman–Crippen LogP) is 6.09. The predicted molar refractivity (Wildman–Crippen MR) is 146 cm³/mol. The van der Waals surface area contributed by atoms with Crippen molar-refractivity contribution < 1.29 is 39.1 Å². The van der Waals surface area contributed by atoms with Gasteiger partial charge in [0.05, 0.1) is 28.9 Å². The van der Waals surface area contributed by atoms with Crippen LogP contribution in [0.2, 0.25) is 0 Å². The van der Waals surface area contributed by atoms with E-state index >= 15 is 4.39 Å². The number of halogens is 1. The van der Waals surface area contributed by atoms with Crippen LogP contribution >= 0.6 is 0 Å². The molecule has 10 heteroatoms. The SMILES string of the molecule is CCCCOc1c(Nc2ccc(O)cc2)c(Nc2ccc(O)cc2)c(F)c2c1C(=O)c1c(O)ccc(O)c1C2=O. The summed E-state index contributed by atoms with van der Waals surface area (Å²) in [6.07, 6.45) is 1.32. The lowest BCUT2D eigenvalue weighted by Crippen LogP contribution is -2.25. The fraction of sp³-hybridized carbons (Fsp3) is 0.133. The molecule has 9 nitrogen and oxygen atoms in total. The molecule has 5 rings (SSSR count). The quantitative estimate of drug-likeness (QED) is 0.101. The summed E-state index contributed by atoms with van der Waals surface area (Å²) < 4.78 is 22.6. The largest absolute Gasteiger partial charge is 0.508 e. The lowest BCUT2D eigenvalue weighted by atomic mass is 9.81. The van der Waals surface area contributed by atoms with Gasteiger partial charge in [-0.25, -0.2) is 4.39 Å². The van der Waals surface area contributed by atoms with Gasteiger partial charge in [-0.15, -0.1) is 0 Å². The van der Waals surface area contributed by atoms with Crippen LogP contribution in [0.25, 0.3) is 0 Å². The fourth-order valence-corrected chi connectivity index (χ4v) is 4.49. The summed E-state index contributed by atoms with van der Waals surface area (Å²) in [7, 11) is 0. The van der Waals surface area contributed by atoms with Crippen LogP contribution < -0.4 is 15.4 Å². The van der Waals surface area contributed by atoms with Crippen molar-refractivity contribution in [1.29, 1.82) is 0 Å². The second-order valence-corrected chi connectivity index (χ2v) is 9.20. The molecule has 40 heavy (non-hydrogen) atoms. The first kappa shape index (κ1) is 26.4. The number of aromatic hydroxyl groups is 4. The molecule has 0 spiro atoms. The summed E-state index contributed by atoms with van der Waals surface area (Å²) in [6.45, 7) is 2.06. The number of ether oxygens (including phenoxy) is 1. The fourth-order valence-electron chi connectivity index (χ4n) is 4.49.